The zero-order valence-corrected chi connectivity index (χ0v) is 16.9. The summed E-state index contributed by atoms with van der Waals surface area (Å²) >= 11 is 0. The largest absolute Gasteiger partial charge is 0.404 e. The number of anilines is 2. The van der Waals surface area contributed by atoms with Crippen molar-refractivity contribution in [1.82, 2.24) is 20.2 Å². The molecule has 162 valence electrons. The molecule has 0 unspecified atom stereocenters. The summed E-state index contributed by atoms with van der Waals surface area (Å²) < 4.78 is 25.9. The van der Waals surface area contributed by atoms with Gasteiger partial charge in [-0.3, -0.25) is 9.59 Å². The Bertz CT molecular complexity index is 876. The van der Waals surface area contributed by atoms with E-state index in [9.17, 15) is 18.4 Å². The van der Waals surface area contributed by atoms with Gasteiger partial charge in [0.25, 0.3) is 11.8 Å². The maximum atomic E-state index is 13.0. The highest BCUT2D eigenvalue weighted by Crippen LogP contribution is 2.40. The quantitative estimate of drug-likeness (QED) is 0.267. The second-order valence-electron chi connectivity index (χ2n) is 6.66. The number of alkyl halides is 2. The van der Waals surface area contributed by atoms with Crippen molar-refractivity contribution >= 4 is 29.4 Å². The van der Waals surface area contributed by atoms with E-state index < -0.39 is 11.8 Å². The Labute approximate surface area is 173 Å². The third kappa shape index (κ3) is 5.75. The number of rotatable bonds is 9. The second kappa shape index (κ2) is 9.81. The number of aromatic nitrogens is 2. The van der Waals surface area contributed by atoms with Crippen LogP contribution in [0.3, 0.4) is 0 Å². The van der Waals surface area contributed by atoms with Crippen LogP contribution in [0.2, 0.25) is 0 Å². The standard InChI is InChI=1S/C19H25F2N7O2/c1-23-15-7-16(27-17(26-15)14(10-22)18(30)24-2)25-12(11-29)5-4-6-28(3)13-8-19(20,21)9-13/h4-7,10-11,13H,8-9,22H2,1-3H3,(H,24,30)(H2,23,25,26,27)/b6-4-,12-5+,14-10+. The fraction of sp³-hybridized carbons (Fsp3) is 0.368. The lowest BCUT2D eigenvalue weighted by Crippen LogP contribution is -2.47. The number of halogens is 2. The number of nitrogens with one attached hydrogen (secondary N) is 3. The van der Waals surface area contributed by atoms with Crippen LogP contribution < -0.4 is 21.7 Å². The molecule has 1 aliphatic rings. The smallest absolute Gasteiger partial charge is 0.256 e. The molecule has 0 spiro atoms. The van der Waals surface area contributed by atoms with E-state index in [-0.39, 0.29) is 41.8 Å². The number of allylic oxidation sites excluding steroid dienone is 3. The van der Waals surface area contributed by atoms with Gasteiger partial charge >= 0.3 is 0 Å². The first-order chi connectivity index (χ1) is 14.2. The molecule has 0 radical (unpaired) electrons. The number of carbonyl (C=O) groups is 2. The van der Waals surface area contributed by atoms with Crippen LogP contribution in [0.25, 0.3) is 5.57 Å². The van der Waals surface area contributed by atoms with Crippen molar-refractivity contribution in [3.05, 3.63) is 42.1 Å². The molecule has 0 aromatic carbocycles. The first-order valence-corrected chi connectivity index (χ1v) is 9.14. The van der Waals surface area contributed by atoms with E-state index in [0.717, 1.165) is 6.20 Å². The Kier molecular flexibility index (Phi) is 7.45. The minimum Gasteiger partial charge on any atom is -0.404 e. The van der Waals surface area contributed by atoms with Gasteiger partial charge in [0.1, 0.15) is 11.6 Å². The monoisotopic (exact) mass is 421 g/mol. The van der Waals surface area contributed by atoms with E-state index in [1.54, 1.807) is 37.3 Å². The summed E-state index contributed by atoms with van der Waals surface area (Å²) in [5.74, 6) is -2.34. The second-order valence-corrected chi connectivity index (χ2v) is 6.66. The van der Waals surface area contributed by atoms with Gasteiger partial charge in [0, 0.05) is 52.3 Å². The highest BCUT2D eigenvalue weighted by atomic mass is 19.3. The summed E-state index contributed by atoms with van der Waals surface area (Å²) in [5, 5.41) is 8.13. The highest BCUT2D eigenvalue weighted by Gasteiger charge is 2.46. The molecule has 1 heterocycles. The first-order valence-electron chi connectivity index (χ1n) is 9.14. The first kappa shape index (κ1) is 22.8. The number of hydrogen-bond donors (Lipinski definition) is 4. The third-order valence-electron chi connectivity index (χ3n) is 4.50. The molecule has 0 aliphatic heterocycles. The molecule has 1 amide bonds. The molecule has 11 heteroatoms. The lowest BCUT2D eigenvalue weighted by atomic mass is 9.87. The Morgan fingerprint density at radius 3 is 2.50 bits per heavy atom. The number of nitrogens with two attached hydrogens (primary N) is 1. The predicted molar refractivity (Wildman–Crippen MR) is 110 cm³/mol. The van der Waals surface area contributed by atoms with Crippen LogP contribution in [-0.4, -0.2) is 60.2 Å². The molecule has 1 saturated carbocycles. The van der Waals surface area contributed by atoms with Gasteiger partial charge in [-0.05, 0) is 18.4 Å². The fourth-order valence-electron chi connectivity index (χ4n) is 2.73. The Morgan fingerprint density at radius 2 is 1.97 bits per heavy atom. The van der Waals surface area contributed by atoms with Crippen molar-refractivity contribution < 1.29 is 18.4 Å². The van der Waals surface area contributed by atoms with Gasteiger partial charge in [-0.1, -0.05) is 0 Å². The van der Waals surface area contributed by atoms with Gasteiger partial charge in [0.15, 0.2) is 12.1 Å². The molecule has 0 bridgehead atoms. The molecule has 1 aliphatic carbocycles. The molecule has 0 saturated heterocycles. The number of aldehydes is 1. The maximum Gasteiger partial charge on any atom is 0.256 e. The number of likely N-dealkylation sites (N-methyl/N-ethyl adjacent to an activating group) is 1. The van der Waals surface area contributed by atoms with Crippen molar-refractivity contribution in [3.63, 3.8) is 0 Å². The van der Waals surface area contributed by atoms with E-state index in [4.69, 9.17) is 5.73 Å². The highest BCUT2D eigenvalue weighted by molar-refractivity contribution is 6.18. The van der Waals surface area contributed by atoms with Crippen molar-refractivity contribution in [1.29, 1.82) is 0 Å². The predicted octanol–water partition coefficient (Wildman–Crippen LogP) is 1.30. The van der Waals surface area contributed by atoms with Gasteiger partial charge in [-0.2, -0.15) is 0 Å². The van der Waals surface area contributed by atoms with Gasteiger partial charge in [0.2, 0.25) is 0 Å². The number of amides is 1. The van der Waals surface area contributed by atoms with E-state index >= 15 is 0 Å². The molecular weight excluding hydrogens is 396 g/mol. The lowest BCUT2D eigenvalue weighted by molar-refractivity contribution is -0.115. The summed E-state index contributed by atoms with van der Waals surface area (Å²) in [4.78, 5) is 33.5. The molecule has 1 aromatic heterocycles. The van der Waals surface area contributed by atoms with Crippen LogP contribution in [0.4, 0.5) is 20.4 Å². The minimum atomic E-state index is -2.60. The topological polar surface area (TPSA) is 125 Å². The lowest BCUT2D eigenvalue weighted by Gasteiger charge is -2.40. The van der Waals surface area contributed by atoms with Crippen molar-refractivity contribution in [2.45, 2.75) is 24.8 Å². The zero-order chi connectivity index (χ0) is 22.3. The van der Waals surface area contributed by atoms with E-state index in [1.165, 1.54) is 13.1 Å². The fourth-order valence-corrected chi connectivity index (χ4v) is 2.73. The Balaban J connectivity index is 2.16. The molecule has 1 fully saturated rings. The SMILES string of the molecule is CNC(=O)/C(=C/N)c1nc(NC)cc(N/C(C=O)=C/C=C\N(C)C2CC(F)(F)C2)n1. The van der Waals surface area contributed by atoms with Crippen LogP contribution in [0.1, 0.15) is 18.7 Å². The molecular formula is C19H25F2N7O2. The number of carbonyl (C=O) groups excluding carboxylic acids is 2. The van der Waals surface area contributed by atoms with Gasteiger partial charge < -0.3 is 26.6 Å². The van der Waals surface area contributed by atoms with Gasteiger partial charge in [0.05, 0.1) is 11.3 Å². The summed E-state index contributed by atoms with van der Waals surface area (Å²) in [6.45, 7) is 0. The summed E-state index contributed by atoms with van der Waals surface area (Å²) in [6.07, 6.45) is 5.99. The molecule has 30 heavy (non-hydrogen) atoms. The van der Waals surface area contributed by atoms with Gasteiger partial charge in [-0.25, -0.2) is 18.7 Å². The van der Waals surface area contributed by atoms with E-state index in [1.807, 2.05) is 0 Å². The van der Waals surface area contributed by atoms with Crippen LogP contribution in [0.5, 0.6) is 0 Å². The Morgan fingerprint density at radius 1 is 1.30 bits per heavy atom. The number of hydrogen-bond acceptors (Lipinski definition) is 8. The number of nitrogens with zero attached hydrogens (tertiary/aromatic N) is 3. The summed E-state index contributed by atoms with van der Waals surface area (Å²) in [7, 11) is 4.79. The maximum absolute atomic E-state index is 13.0. The van der Waals surface area contributed by atoms with Crippen LogP contribution in [-0.2, 0) is 9.59 Å². The molecule has 1 aromatic rings. The van der Waals surface area contributed by atoms with Crippen molar-refractivity contribution in [3.8, 4) is 0 Å². The molecule has 9 nitrogen and oxygen atoms in total. The third-order valence-corrected chi connectivity index (χ3v) is 4.50. The molecule has 0 atom stereocenters. The summed E-state index contributed by atoms with van der Waals surface area (Å²) in [6, 6.07) is 1.32. The van der Waals surface area contributed by atoms with Crippen molar-refractivity contribution in [2.24, 2.45) is 5.73 Å². The summed E-state index contributed by atoms with van der Waals surface area (Å²) in [5.41, 5.74) is 5.76. The Hall–Kier alpha value is -3.50. The average molecular weight is 421 g/mol. The molecule has 2 rings (SSSR count). The van der Waals surface area contributed by atoms with E-state index in [0.29, 0.717) is 12.1 Å². The van der Waals surface area contributed by atoms with E-state index in [2.05, 4.69) is 25.9 Å². The minimum absolute atomic E-state index is 0.0631. The van der Waals surface area contributed by atoms with Crippen LogP contribution >= 0.6 is 0 Å². The van der Waals surface area contributed by atoms with Crippen LogP contribution in [0.15, 0.2) is 36.3 Å². The van der Waals surface area contributed by atoms with Crippen LogP contribution in [0, 0.1) is 0 Å². The zero-order valence-electron chi connectivity index (χ0n) is 16.9. The normalized spacial score (nSPS) is 16.7. The van der Waals surface area contributed by atoms with Crippen molar-refractivity contribution in [2.75, 3.05) is 31.8 Å². The van der Waals surface area contributed by atoms with Gasteiger partial charge in [-0.15, -0.1) is 0 Å². The average Bonchev–Trinajstić information content (AvgIpc) is 2.71. The molecule has 5 N–H and O–H groups in total.